The van der Waals surface area contributed by atoms with E-state index in [0.29, 0.717) is 40.4 Å². The van der Waals surface area contributed by atoms with Gasteiger partial charge in [-0.2, -0.15) is 0 Å². The molecule has 0 amide bonds. The molecule has 1 aliphatic heterocycles. The van der Waals surface area contributed by atoms with E-state index in [-0.39, 0.29) is 27.9 Å². The van der Waals surface area contributed by atoms with E-state index in [0.717, 1.165) is 24.8 Å². The number of rotatable bonds is 4. The van der Waals surface area contributed by atoms with Crippen molar-refractivity contribution in [1.29, 1.82) is 0 Å². The number of ether oxygens (including phenoxy) is 1. The summed E-state index contributed by atoms with van der Waals surface area (Å²) in [7, 11) is 0. The third-order valence-corrected chi connectivity index (χ3v) is 5.84. The molecule has 0 saturated heterocycles. The molecule has 3 aromatic rings. The van der Waals surface area contributed by atoms with Crippen LogP contribution in [0.15, 0.2) is 39.7 Å². The van der Waals surface area contributed by atoms with Crippen molar-refractivity contribution >= 4 is 11.0 Å². The summed E-state index contributed by atoms with van der Waals surface area (Å²) >= 11 is 0. The van der Waals surface area contributed by atoms with Crippen LogP contribution in [0.5, 0.6) is 17.2 Å². The number of phenols is 2. The Labute approximate surface area is 175 Å². The fourth-order valence-electron chi connectivity index (χ4n) is 4.06. The summed E-state index contributed by atoms with van der Waals surface area (Å²) in [6, 6.07) is 6.37. The molecule has 0 bridgehead atoms. The third-order valence-electron chi connectivity index (χ3n) is 5.84. The zero-order valence-corrected chi connectivity index (χ0v) is 17.9. The normalized spacial score (nSPS) is 15.2. The molecule has 158 valence electrons. The van der Waals surface area contributed by atoms with Gasteiger partial charge in [0.1, 0.15) is 40.1 Å². The minimum atomic E-state index is -0.341. The molecule has 0 atom stereocenters. The molecular formula is C25H28O5. The van der Waals surface area contributed by atoms with E-state index in [1.54, 1.807) is 12.1 Å². The summed E-state index contributed by atoms with van der Waals surface area (Å²) in [6.07, 6.45) is 4.45. The first-order valence-corrected chi connectivity index (χ1v) is 10.5. The SMILES string of the molecule is CC(C)CCc1c2c(c3occ(-c4ccc(O)cc4)c(=O)c3c1O)CCC(C)(C)O2. The largest absolute Gasteiger partial charge is 0.508 e. The van der Waals surface area contributed by atoms with Crippen LogP contribution in [0.1, 0.15) is 51.7 Å². The molecule has 5 heteroatoms. The topological polar surface area (TPSA) is 79.9 Å². The Bertz CT molecular complexity index is 1150. The van der Waals surface area contributed by atoms with Crippen LogP contribution < -0.4 is 10.2 Å². The standard InChI is InChI=1S/C25H28O5/c1-14(2)5-10-17-21(27)20-22(28)19(15-6-8-16(26)9-7-15)13-29-24(20)18-11-12-25(3,4)30-23(17)18/h6-9,13-14,26-27H,5,10-12H2,1-4H3. The van der Waals surface area contributed by atoms with Crippen molar-refractivity contribution in [2.45, 2.75) is 59.0 Å². The number of hydrogen-bond donors (Lipinski definition) is 2. The molecule has 2 heterocycles. The molecular weight excluding hydrogens is 380 g/mol. The van der Waals surface area contributed by atoms with Gasteiger partial charge in [-0.3, -0.25) is 4.79 Å². The van der Waals surface area contributed by atoms with Crippen LogP contribution >= 0.6 is 0 Å². The van der Waals surface area contributed by atoms with Crippen molar-refractivity contribution in [2.75, 3.05) is 0 Å². The van der Waals surface area contributed by atoms with Crippen LogP contribution in [0.3, 0.4) is 0 Å². The van der Waals surface area contributed by atoms with Crippen molar-refractivity contribution < 1.29 is 19.4 Å². The molecule has 0 aliphatic carbocycles. The lowest BCUT2D eigenvalue weighted by molar-refractivity contribution is 0.0830. The molecule has 30 heavy (non-hydrogen) atoms. The molecule has 0 unspecified atom stereocenters. The average Bonchev–Trinajstić information content (AvgIpc) is 2.67. The van der Waals surface area contributed by atoms with Crippen LogP contribution in [0.4, 0.5) is 0 Å². The van der Waals surface area contributed by atoms with Crippen LogP contribution in [-0.4, -0.2) is 15.8 Å². The first kappa shape index (κ1) is 20.3. The molecule has 0 spiro atoms. The maximum atomic E-state index is 13.4. The molecule has 2 aromatic carbocycles. The van der Waals surface area contributed by atoms with Gasteiger partial charge in [-0.25, -0.2) is 0 Å². The van der Waals surface area contributed by atoms with E-state index in [1.807, 2.05) is 13.8 Å². The minimum Gasteiger partial charge on any atom is -0.508 e. The highest BCUT2D eigenvalue weighted by Gasteiger charge is 2.33. The minimum absolute atomic E-state index is 0.0449. The Morgan fingerprint density at radius 3 is 2.50 bits per heavy atom. The molecule has 0 radical (unpaired) electrons. The Hall–Kier alpha value is -2.95. The zero-order valence-electron chi connectivity index (χ0n) is 17.9. The highest BCUT2D eigenvalue weighted by molar-refractivity contribution is 5.92. The lowest BCUT2D eigenvalue weighted by atomic mass is 9.88. The maximum absolute atomic E-state index is 13.4. The van der Waals surface area contributed by atoms with Crippen LogP contribution in [0, 0.1) is 5.92 Å². The van der Waals surface area contributed by atoms with Gasteiger partial charge in [0.25, 0.3) is 0 Å². The van der Waals surface area contributed by atoms with Gasteiger partial charge in [0, 0.05) is 11.1 Å². The number of aryl methyl sites for hydroxylation is 1. The molecule has 0 fully saturated rings. The number of aromatic hydroxyl groups is 2. The van der Waals surface area contributed by atoms with Crippen molar-refractivity contribution in [3.63, 3.8) is 0 Å². The number of benzene rings is 2. The Kier molecular flexibility index (Phi) is 5.00. The summed E-state index contributed by atoms with van der Waals surface area (Å²) in [4.78, 5) is 13.4. The number of fused-ring (bicyclic) bond motifs is 3. The second kappa shape index (κ2) is 7.38. The smallest absolute Gasteiger partial charge is 0.204 e. The predicted molar refractivity (Wildman–Crippen MR) is 117 cm³/mol. The first-order chi connectivity index (χ1) is 14.2. The van der Waals surface area contributed by atoms with Gasteiger partial charge < -0.3 is 19.4 Å². The lowest BCUT2D eigenvalue weighted by Gasteiger charge is -2.34. The van der Waals surface area contributed by atoms with Crippen LogP contribution in [0.2, 0.25) is 0 Å². The zero-order chi connectivity index (χ0) is 21.6. The van der Waals surface area contributed by atoms with Gasteiger partial charge in [-0.1, -0.05) is 26.0 Å². The second-order valence-electron chi connectivity index (χ2n) is 9.16. The quantitative estimate of drug-likeness (QED) is 0.590. The Morgan fingerprint density at radius 2 is 1.83 bits per heavy atom. The van der Waals surface area contributed by atoms with E-state index in [1.165, 1.54) is 18.4 Å². The van der Waals surface area contributed by atoms with Gasteiger partial charge in [-0.15, -0.1) is 0 Å². The first-order valence-electron chi connectivity index (χ1n) is 10.5. The third kappa shape index (κ3) is 3.53. The fourth-order valence-corrected chi connectivity index (χ4v) is 4.06. The van der Waals surface area contributed by atoms with E-state index >= 15 is 0 Å². The number of phenolic OH excluding ortho intramolecular Hbond substituents is 2. The van der Waals surface area contributed by atoms with Gasteiger partial charge in [0.2, 0.25) is 5.43 Å². The Balaban J connectivity index is 1.98. The van der Waals surface area contributed by atoms with Gasteiger partial charge in [0.15, 0.2) is 0 Å². The average molecular weight is 408 g/mol. The number of hydrogen-bond acceptors (Lipinski definition) is 5. The van der Waals surface area contributed by atoms with Crippen molar-refractivity contribution in [3.8, 4) is 28.4 Å². The van der Waals surface area contributed by atoms with E-state index in [2.05, 4.69) is 13.8 Å². The van der Waals surface area contributed by atoms with Crippen molar-refractivity contribution in [2.24, 2.45) is 5.92 Å². The van der Waals surface area contributed by atoms with E-state index in [4.69, 9.17) is 9.15 Å². The van der Waals surface area contributed by atoms with E-state index < -0.39 is 0 Å². The predicted octanol–water partition coefficient (Wildman–Crippen LogP) is 5.56. The summed E-state index contributed by atoms with van der Waals surface area (Å²) in [5.74, 6) is 1.19. The summed E-state index contributed by atoms with van der Waals surface area (Å²) in [5.41, 5.74) is 2.30. The lowest BCUT2D eigenvalue weighted by Crippen LogP contribution is -2.33. The molecule has 5 nitrogen and oxygen atoms in total. The highest BCUT2D eigenvalue weighted by Crippen LogP contribution is 2.46. The second-order valence-corrected chi connectivity index (χ2v) is 9.16. The highest BCUT2D eigenvalue weighted by atomic mass is 16.5. The van der Waals surface area contributed by atoms with Crippen LogP contribution in [-0.2, 0) is 12.8 Å². The van der Waals surface area contributed by atoms with Crippen LogP contribution in [0.25, 0.3) is 22.1 Å². The molecule has 0 saturated carbocycles. The molecule has 1 aromatic heterocycles. The van der Waals surface area contributed by atoms with Gasteiger partial charge in [0.05, 0.1) is 5.56 Å². The Morgan fingerprint density at radius 1 is 1.13 bits per heavy atom. The maximum Gasteiger partial charge on any atom is 0.204 e. The fraction of sp³-hybridized carbons (Fsp3) is 0.400. The van der Waals surface area contributed by atoms with Crippen molar-refractivity contribution in [3.05, 3.63) is 51.9 Å². The summed E-state index contributed by atoms with van der Waals surface area (Å²) in [5, 5.41) is 21.0. The van der Waals surface area contributed by atoms with Gasteiger partial charge >= 0.3 is 0 Å². The molecule has 2 N–H and O–H groups in total. The molecule has 1 aliphatic rings. The summed E-state index contributed by atoms with van der Waals surface area (Å²) in [6.45, 7) is 8.33. The van der Waals surface area contributed by atoms with Gasteiger partial charge in [-0.05, 0) is 63.1 Å². The monoisotopic (exact) mass is 408 g/mol. The van der Waals surface area contributed by atoms with E-state index in [9.17, 15) is 15.0 Å². The summed E-state index contributed by atoms with van der Waals surface area (Å²) < 4.78 is 12.2. The molecule has 4 rings (SSSR count). The van der Waals surface area contributed by atoms with Crippen molar-refractivity contribution in [1.82, 2.24) is 0 Å².